The number of hydrogen-bond acceptors (Lipinski definition) is 3. The normalized spacial score (nSPS) is 10.4. The molecule has 3 heteroatoms. The average Bonchev–Trinajstić information content (AvgIpc) is 2.20. The minimum atomic E-state index is -0.0406. The number of nitroso groups, excluding NO2 is 1. The summed E-state index contributed by atoms with van der Waals surface area (Å²) in [4.78, 5) is 10.3. The van der Waals surface area contributed by atoms with E-state index in [0.29, 0.717) is 5.39 Å². The molecule has 2 aromatic carbocycles. The van der Waals surface area contributed by atoms with Crippen LogP contribution in [0.1, 0.15) is 5.56 Å². The van der Waals surface area contributed by atoms with Crippen molar-refractivity contribution in [2.24, 2.45) is 5.18 Å². The molecule has 0 aliphatic carbocycles. The minimum absolute atomic E-state index is 0.0406. The molecule has 0 atom stereocenters. The lowest BCUT2D eigenvalue weighted by Crippen LogP contribution is -1.78. The predicted octanol–water partition coefficient (Wildman–Crippen LogP) is 3.25. The molecular formula is C11H9NO2. The fourth-order valence-corrected chi connectivity index (χ4v) is 1.56. The molecule has 2 aromatic rings. The molecular weight excluding hydrogens is 178 g/mol. The van der Waals surface area contributed by atoms with Gasteiger partial charge in [-0.05, 0) is 29.1 Å². The Kier molecular flexibility index (Phi) is 1.93. The number of aryl methyl sites for hydroxylation is 1. The van der Waals surface area contributed by atoms with E-state index in [-0.39, 0.29) is 11.4 Å². The molecule has 3 nitrogen and oxygen atoms in total. The summed E-state index contributed by atoms with van der Waals surface area (Å²) >= 11 is 0. The molecule has 70 valence electrons. The Balaban J connectivity index is 2.90. The van der Waals surface area contributed by atoms with Crippen molar-refractivity contribution in [3.63, 3.8) is 0 Å². The highest BCUT2D eigenvalue weighted by Gasteiger charge is 2.07. The molecule has 0 aromatic heterocycles. The lowest BCUT2D eigenvalue weighted by Gasteiger charge is -2.04. The molecule has 0 bridgehead atoms. The Bertz CT molecular complexity index is 506. The van der Waals surface area contributed by atoms with Crippen LogP contribution in [0.25, 0.3) is 10.8 Å². The van der Waals surface area contributed by atoms with Gasteiger partial charge in [0.05, 0.1) is 0 Å². The molecule has 0 saturated heterocycles. The van der Waals surface area contributed by atoms with Gasteiger partial charge in [0.25, 0.3) is 0 Å². The van der Waals surface area contributed by atoms with E-state index in [1.54, 1.807) is 12.1 Å². The summed E-state index contributed by atoms with van der Waals surface area (Å²) in [5, 5.41) is 14.0. The molecule has 0 fully saturated rings. The van der Waals surface area contributed by atoms with E-state index in [0.717, 1.165) is 10.9 Å². The largest absolute Gasteiger partial charge is 0.505 e. The van der Waals surface area contributed by atoms with Gasteiger partial charge in [0.1, 0.15) is 5.69 Å². The zero-order chi connectivity index (χ0) is 10.1. The summed E-state index contributed by atoms with van der Waals surface area (Å²) in [5.74, 6) is -0.0406. The SMILES string of the molecule is Cc1cccc2c(O)c(N=O)ccc12. The lowest BCUT2D eigenvalue weighted by molar-refractivity contribution is 0.483. The topological polar surface area (TPSA) is 49.7 Å². The predicted molar refractivity (Wildman–Crippen MR) is 55.8 cm³/mol. The van der Waals surface area contributed by atoms with E-state index in [4.69, 9.17) is 0 Å². The number of hydrogen-bond donors (Lipinski definition) is 1. The lowest BCUT2D eigenvalue weighted by atomic mass is 10.0. The second-order valence-corrected chi connectivity index (χ2v) is 3.19. The van der Waals surface area contributed by atoms with Crippen molar-refractivity contribution < 1.29 is 5.11 Å². The van der Waals surface area contributed by atoms with Gasteiger partial charge < -0.3 is 5.11 Å². The highest BCUT2D eigenvalue weighted by atomic mass is 16.3. The van der Waals surface area contributed by atoms with Crippen LogP contribution in [0, 0.1) is 11.8 Å². The van der Waals surface area contributed by atoms with Gasteiger partial charge in [-0.25, -0.2) is 0 Å². The van der Waals surface area contributed by atoms with Crippen molar-refractivity contribution in [3.8, 4) is 5.75 Å². The zero-order valence-corrected chi connectivity index (χ0v) is 7.69. The number of phenolic OH excluding ortho intramolecular Hbond substituents is 1. The third-order valence-electron chi connectivity index (χ3n) is 2.33. The van der Waals surface area contributed by atoms with Gasteiger partial charge in [-0.2, -0.15) is 0 Å². The van der Waals surface area contributed by atoms with Crippen LogP contribution in [-0.2, 0) is 0 Å². The van der Waals surface area contributed by atoms with Gasteiger partial charge in [-0.15, -0.1) is 4.91 Å². The van der Waals surface area contributed by atoms with Crippen molar-refractivity contribution in [1.29, 1.82) is 0 Å². The standard InChI is InChI=1S/C11H9NO2/c1-7-3-2-4-9-8(7)5-6-10(12-14)11(9)13/h2-6,13H,1H3. The second-order valence-electron chi connectivity index (χ2n) is 3.19. The molecule has 0 saturated carbocycles. The number of aromatic hydroxyl groups is 1. The Labute approximate surface area is 81.0 Å². The summed E-state index contributed by atoms with van der Waals surface area (Å²) in [6, 6.07) is 8.88. The van der Waals surface area contributed by atoms with Crippen molar-refractivity contribution >= 4 is 16.5 Å². The highest BCUT2D eigenvalue weighted by molar-refractivity contribution is 5.94. The van der Waals surface area contributed by atoms with E-state index in [9.17, 15) is 10.0 Å². The van der Waals surface area contributed by atoms with E-state index in [1.807, 2.05) is 19.1 Å². The number of fused-ring (bicyclic) bond motifs is 1. The van der Waals surface area contributed by atoms with E-state index in [2.05, 4.69) is 5.18 Å². The third-order valence-corrected chi connectivity index (χ3v) is 2.33. The fourth-order valence-electron chi connectivity index (χ4n) is 1.56. The second kappa shape index (κ2) is 3.10. The molecule has 1 N–H and O–H groups in total. The van der Waals surface area contributed by atoms with Gasteiger partial charge >= 0.3 is 0 Å². The maximum Gasteiger partial charge on any atom is 0.152 e. The van der Waals surface area contributed by atoms with Crippen LogP contribution in [0.2, 0.25) is 0 Å². The Morgan fingerprint density at radius 3 is 2.64 bits per heavy atom. The molecule has 0 radical (unpaired) electrons. The van der Waals surface area contributed by atoms with Crippen molar-refractivity contribution in [3.05, 3.63) is 40.8 Å². The van der Waals surface area contributed by atoms with Crippen molar-refractivity contribution in [2.45, 2.75) is 6.92 Å². The van der Waals surface area contributed by atoms with Crippen LogP contribution in [0.3, 0.4) is 0 Å². The summed E-state index contributed by atoms with van der Waals surface area (Å²) in [6.07, 6.45) is 0. The first-order valence-corrected chi connectivity index (χ1v) is 4.28. The average molecular weight is 187 g/mol. The molecule has 2 rings (SSSR count). The summed E-state index contributed by atoms with van der Waals surface area (Å²) < 4.78 is 0. The number of nitrogens with zero attached hydrogens (tertiary/aromatic N) is 1. The zero-order valence-electron chi connectivity index (χ0n) is 7.69. The maximum absolute atomic E-state index is 10.3. The number of benzene rings is 2. The third kappa shape index (κ3) is 1.14. The maximum atomic E-state index is 10.3. The van der Waals surface area contributed by atoms with E-state index in [1.165, 1.54) is 6.07 Å². The van der Waals surface area contributed by atoms with E-state index < -0.39 is 0 Å². The van der Waals surface area contributed by atoms with Crippen LogP contribution < -0.4 is 0 Å². The minimum Gasteiger partial charge on any atom is -0.505 e. The molecule has 0 aliphatic rings. The Morgan fingerprint density at radius 2 is 1.93 bits per heavy atom. The monoisotopic (exact) mass is 187 g/mol. The number of rotatable bonds is 1. The van der Waals surface area contributed by atoms with Gasteiger partial charge in [0, 0.05) is 5.39 Å². The molecule has 0 unspecified atom stereocenters. The van der Waals surface area contributed by atoms with Gasteiger partial charge in [0.15, 0.2) is 5.75 Å². The summed E-state index contributed by atoms with van der Waals surface area (Å²) in [7, 11) is 0. The first-order chi connectivity index (χ1) is 6.74. The van der Waals surface area contributed by atoms with Gasteiger partial charge in [0.2, 0.25) is 0 Å². The Hall–Kier alpha value is -1.90. The molecule has 14 heavy (non-hydrogen) atoms. The highest BCUT2D eigenvalue weighted by Crippen LogP contribution is 2.35. The van der Waals surface area contributed by atoms with Gasteiger partial charge in [-0.3, -0.25) is 0 Å². The van der Waals surface area contributed by atoms with Crippen LogP contribution in [0.15, 0.2) is 35.5 Å². The first-order valence-electron chi connectivity index (χ1n) is 4.28. The fraction of sp³-hybridized carbons (Fsp3) is 0.0909. The number of phenols is 1. The smallest absolute Gasteiger partial charge is 0.152 e. The summed E-state index contributed by atoms with van der Waals surface area (Å²) in [6.45, 7) is 1.95. The summed E-state index contributed by atoms with van der Waals surface area (Å²) in [5.41, 5.74) is 1.15. The molecule has 0 spiro atoms. The van der Waals surface area contributed by atoms with Crippen LogP contribution >= 0.6 is 0 Å². The van der Waals surface area contributed by atoms with Crippen LogP contribution in [0.5, 0.6) is 5.75 Å². The van der Waals surface area contributed by atoms with Crippen molar-refractivity contribution in [1.82, 2.24) is 0 Å². The molecule has 0 aliphatic heterocycles. The van der Waals surface area contributed by atoms with Crippen LogP contribution in [0.4, 0.5) is 5.69 Å². The quantitative estimate of drug-likeness (QED) is 0.696. The first kappa shape index (κ1) is 8.69. The molecule has 0 heterocycles. The Morgan fingerprint density at radius 1 is 1.14 bits per heavy atom. The van der Waals surface area contributed by atoms with Gasteiger partial charge in [-0.1, -0.05) is 24.3 Å². The van der Waals surface area contributed by atoms with Crippen LogP contribution in [-0.4, -0.2) is 5.11 Å². The van der Waals surface area contributed by atoms with Crippen molar-refractivity contribution in [2.75, 3.05) is 0 Å². The molecule has 0 amide bonds. The van der Waals surface area contributed by atoms with E-state index >= 15 is 0 Å².